The van der Waals surface area contributed by atoms with Crippen molar-refractivity contribution in [1.82, 2.24) is 14.8 Å². The van der Waals surface area contributed by atoms with Gasteiger partial charge in [-0.05, 0) is 28.1 Å². The van der Waals surface area contributed by atoms with Gasteiger partial charge in [-0.25, -0.2) is 4.98 Å². The van der Waals surface area contributed by atoms with Gasteiger partial charge < -0.3 is 15.5 Å². The van der Waals surface area contributed by atoms with Crippen molar-refractivity contribution in [2.45, 2.75) is 0 Å². The van der Waals surface area contributed by atoms with Crippen LogP contribution >= 0.6 is 15.9 Å². The van der Waals surface area contributed by atoms with Crippen molar-refractivity contribution in [2.24, 2.45) is 5.73 Å². The van der Waals surface area contributed by atoms with E-state index in [4.69, 9.17) is 5.73 Å². The third kappa shape index (κ3) is 3.30. The molecular weight excluding hydrogens is 312 g/mol. The van der Waals surface area contributed by atoms with E-state index in [9.17, 15) is 9.59 Å². The lowest BCUT2D eigenvalue weighted by molar-refractivity contribution is -0.131. The summed E-state index contributed by atoms with van der Waals surface area (Å²) in [6.45, 7) is 2.09. The number of rotatable bonds is 2. The van der Waals surface area contributed by atoms with Gasteiger partial charge in [0.15, 0.2) is 0 Å². The van der Waals surface area contributed by atoms with Crippen LogP contribution in [-0.4, -0.2) is 59.3 Å². The fourth-order valence-electron chi connectivity index (χ4n) is 1.98. The van der Waals surface area contributed by atoms with Crippen molar-refractivity contribution < 1.29 is 9.59 Å². The second kappa shape index (κ2) is 6.12. The fourth-order valence-corrected chi connectivity index (χ4v) is 2.32. The van der Waals surface area contributed by atoms with E-state index >= 15 is 0 Å². The first-order valence-corrected chi connectivity index (χ1v) is 6.81. The van der Waals surface area contributed by atoms with E-state index in [2.05, 4.69) is 20.9 Å². The molecule has 19 heavy (non-hydrogen) atoms. The maximum atomic E-state index is 12.2. The van der Waals surface area contributed by atoms with E-state index in [-0.39, 0.29) is 18.4 Å². The summed E-state index contributed by atoms with van der Waals surface area (Å²) in [5.41, 5.74) is 5.73. The summed E-state index contributed by atoms with van der Waals surface area (Å²) in [6.07, 6.45) is 0. The number of nitrogens with zero attached hydrogens (tertiary/aromatic N) is 3. The zero-order chi connectivity index (χ0) is 13.8. The number of aromatic nitrogens is 1. The predicted molar refractivity (Wildman–Crippen MR) is 73.5 cm³/mol. The smallest absolute Gasteiger partial charge is 0.272 e. The van der Waals surface area contributed by atoms with Gasteiger partial charge in [0, 0.05) is 26.2 Å². The van der Waals surface area contributed by atoms with E-state index in [0.29, 0.717) is 36.5 Å². The summed E-state index contributed by atoms with van der Waals surface area (Å²) in [6, 6.07) is 5.23. The molecule has 1 saturated heterocycles. The fraction of sp³-hybridized carbons (Fsp3) is 0.417. The SMILES string of the molecule is NCC(=O)N1CCN(C(=O)c2cccc(Br)n2)CC1. The summed E-state index contributed by atoms with van der Waals surface area (Å²) >= 11 is 3.24. The Morgan fingerprint density at radius 2 is 1.84 bits per heavy atom. The van der Waals surface area contributed by atoms with E-state index in [1.165, 1.54) is 0 Å². The molecule has 0 saturated carbocycles. The van der Waals surface area contributed by atoms with Crippen LogP contribution in [0.4, 0.5) is 0 Å². The van der Waals surface area contributed by atoms with Gasteiger partial charge in [0.2, 0.25) is 5.91 Å². The Bertz CT molecular complexity index is 486. The lowest BCUT2D eigenvalue weighted by Crippen LogP contribution is -2.52. The molecule has 7 heteroatoms. The highest BCUT2D eigenvalue weighted by Gasteiger charge is 2.24. The number of carbonyl (C=O) groups excluding carboxylic acids is 2. The molecular formula is C12H15BrN4O2. The van der Waals surface area contributed by atoms with Crippen molar-refractivity contribution in [2.75, 3.05) is 32.7 Å². The molecule has 0 bridgehead atoms. The molecule has 1 aliphatic heterocycles. The predicted octanol–water partition coefficient (Wildman–Crippen LogP) is 0.0872. The van der Waals surface area contributed by atoms with E-state index < -0.39 is 0 Å². The van der Waals surface area contributed by atoms with Gasteiger partial charge in [0.1, 0.15) is 10.3 Å². The number of halogens is 1. The molecule has 0 atom stereocenters. The molecule has 0 radical (unpaired) electrons. The molecule has 1 fully saturated rings. The molecule has 102 valence electrons. The molecule has 1 aliphatic rings. The molecule has 2 heterocycles. The molecule has 6 nitrogen and oxygen atoms in total. The number of carbonyl (C=O) groups is 2. The summed E-state index contributed by atoms with van der Waals surface area (Å²) < 4.78 is 0.635. The van der Waals surface area contributed by atoms with Crippen LogP contribution in [0.1, 0.15) is 10.5 Å². The second-order valence-corrected chi connectivity index (χ2v) is 5.04. The summed E-state index contributed by atoms with van der Waals surface area (Å²) in [7, 11) is 0. The zero-order valence-corrected chi connectivity index (χ0v) is 12.0. The minimum absolute atomic E-state index is 0.0150. The van der Waals surface area contributed by atoms with Crippen LogP contribution in [0.3, 0.4) is 0 Å². The molecule has 0 aliphatic carbocycles. The average Bonchev–Trinajstić information content (AvgIpc) is 2.46. The van der Waals surface area contributed by atoms with Crippen LogP contribution in [0.15, 0.2) is 22.8 Å². The van der Waals surface area contributed by atoms with Gasteiger partial charge in [-0.2, -0.15) is 0 Å². The maximum Gasteiger partial charge on any atom is 0.272 e. The van der Waals surface area contributed by atoms with Crippen LogP contribution in [0.2, 0.25) is 0 Å². The first-order chi connectivity index (χ1) is 9.11. The molecule has 2 rings (SSSR count). The minimum Gasteiger partial charge on any atom is -0.338 e. The summed E-state index contributed by atoms with van der Waals surface area (Å²) in [4.78, 5) is 31.2. The molecule has 0 aromatic carbocycles. The molecule has 1 aromatic rings. The minimum atomic E-state index is -0.110. The molecule has 2 N–H and O–H groups in total. The number of pyridine rings is 1. The van der Waals surface area contributed by atoms with Crippen molar-refractivity contribution in [1.29, 1.82) is 0 Å². The first kappa shape index (κ1) is 14.0. The van der Waals surface area contributed by atoms with Gasteiger partial charge >= 0.3 is 0 Å². The lowest BCUT2D eigenvalue weighted by Gasteiger charge is -2.34. The quantitative estimate of drug-likeness (QED) is 0.781. The molecule has 1 aromatic heterocycles. The van der Waals surface area contributed by atoms with E-state index in [1.807, 2.05) is 0 Å². The van der Waals surface area contributed by atoms with Crippen LogP contribution in [0.25, 0.3) is 0 Å². The summed E-state index contributed by atoms with van der Waals surface area (Å²) in [5.74, 6) is -0.186. The largest absolute Gasteiger partial charge is 0.338 e. The lowest BCUT2D eigenvalue weighted by atomic mass is 10.2. The van der Waals surface area contributed by atoms with Crippen LogP contribution in [-0.2, 0) is 4.79 Å². The standard InChI is InChI=1S/C12H15BrN4O2/c13-10-3-1-2-9(15-10)12(19)17-6-4-16(5-7-17)11(18)8-14/h1-3H,4-8,14H2. The summed E-state index contributed by atoms with van der Waals surface area (Å²) in [5, 5.41) is 0. The number of amides is 2. The van der Waals surface area contributed by atoms with E-state index in [1.54, 1.807) is 28.0 Å². The van der Waals surface area contributed by atoms with Crippen LogP contribution in [0.5, 0.6) is 0 Å². The van der Waals surface area contributed by atoms with Gasteiger partial charge in [0.25, 0.3) is 5.91 Å². The highest BCUT2D eigenvalue weighted by atomic mass is 79.9. The van der Waals surface area contributed by atoms with E-state index in [0.717, 1.165) is 0 Å². The highest BCUT2D eigenvalue weighted by molar-refractivity contribution is 9.10. The van der Waals surface area contributed by atoms with Gasteiger partial charge in [0.05, 0.1) is 6.54 Å². The average molecular weight is 327 g/mol. The van der Waals surface area contributed by atoms with Crippen molar-refractivity contribution in [3.63, 3.8) is 0 Å². The molecule has 0 spiro atoms. The normalized spacial score (nSPS) is 15.5. The highest BCUT2D eigenvalue weighted by Crippen LogP contribution is 2.10. The van der Waals surface area contributed by atoms with Crippen molar-refractivity contribution in [3.8, 4) is 0 Å². The van der Waals surface area contributed by atoms with Crippen LogP contribution < -0.4 is 5.73 Å². The van der Waals surface area contributed by atoms with Crippen molar-refractivity contribution in [3.05, 3.63) is 28.5 Å². The van der Waals surface area contributed by atoms with Crippen molar-refractivity contribution >= 4 is 27.7 Å². The zero-order valence-electron chi connectivity index (χ0n) is 10.4. The topological polar surface area (TPSA) is 79.5 Å². The van der Waals surface area contributed by atoms with Crippen LogP contribution in [0, 0.1) is 0 Å². The molecule has 2 amide bonds. The Balaban J connectivity index is 1.98. The monoisotopic (exact) mass is 326 g/mol. The number of nitrogens with two attached hydrogens (primary N) is 1. The van der Waals surface area contributed by atoms with Gasteiger partial charge in [-0.15, -0.1) is 0 Å². The third-order valence-corrected chi connectivity index (χ3v) is 3.47. The Hall–Kier alpha value is -1.47. The third-order valence-electron chi connectivity index (χ3n) is 3.03. The number of piperazine rings is 1. The number of hydrogen-bond donors (Lipinski definition) is 1. The Kier molecular flexibility index (Phi) is 4.49. The molecule has 0 unspecified atom stereocenters. The van der Waals surface area contributed by atoms with Gasteiger partial charge in [-0.1, -0.05) is 6.07 Å². The Morgan fingerprint density at radius 1 is 1.21 bits per heavy atom. The Morgan fingerprint density at radius 3 is 2.42 bits per heavy atom. The maximum absolute atomic E-state index is 12.2. The second-order valence-electron chi connectivity index (χ2n) is 4.22. The van der Waals surface area contributed by atoms with Gasteiger partial charge in [-0.3, -0.25) is 9.59 Å². The Labute approximate surface area is 119 Å². The number of hydrogen-bond acceptors (Lipinski definition) is 4. The first-order valence-electron chi connectivity index (χ1n) is 6.01.